The van der Waals surface area contributed by atoms with E-state index in [2.05, 4.69) is 10.2 Å². The summed E-state index contributed by atoms with van der Waals surface area (Å²) in [6.07, 6.45) is -7.55. The van der Waals surface area contributed by atoms with Crippen molar-refractivity contribution < 1.29 is 18.3 Å². The molecule has 0 unspecified atom stereocenters. The van der Waals surface area contributed by atoms with Crippen LogP contribution in [0.3, 0.4) is 0 Å². The monoisotopic (exact) mass is 262 g/mol. The van der Waals surface area contributed by atoms with E-state index in [0.717, 1.165) is 0 Å². The van der Waals surface area contributed by atoms with Crippen LogP contribution in [0, 0.1) is 0 Å². The molecule has 1 aromatic carbocycles. The fraction of sp³-hybridized carbons (Fsp3) is 0.200. The maximum absolute atomic E-state index is 12.3. The van der Waals surface area contributed by atoms with Gasteiger partial charge >= 0.3 is 6.18 Å². The molecule has 0 bridgehead atoms. The molecule has 7 heteroatoms. The predicted molar refractivity (Wildman–Crippen MR) is 55.6 cm³/mol. The second kappa shape index (κ2) is 4.12. The van der Waals surface area contributed by atoms with Crippen LogP contribution in [0.1, 0.15) is 11.8 Å². The van der Waals surface area contributed by atoms with E-state index in [4.69, 9.17) is 16.7 Å². The number of hydrogen-bond acceptors (Lipinski definition) is 3. The van der Waals surface area contributed by atoms with Crippen molar-refractivity contribution in [2.75, 3.05) is 0 Å². The number of aliphatic hydroxyl groups is 1. The number of hydrogen-bond donors (Lipinski definition) is 1. The fourth-order valence-electron chi connectivity index (χ4n) is 1.37. The minimum absolute atomic E-state index is 0.236. The first-order valence-corrected chi connectivity index (χ1v) is 4.94. The van der Waals surface area contributed by atoms with Crippen LogP contribution in [0.15, 0.2) is 24.3 Å². The van der Waals surface area contributed by atoms with Crippen molar-refractivity contribution in [3.05, 3.63) is 35.0 Å². The molecule has 0 spiro atoms. The van der Waals surface area contributed by atoms with Gasteiger partial charge in [-0.3, -0.25) is 0 Å². The topological polar surface area (TPSA) is 46.0 Å². The minimum Gasteiger partial charge on any atom is -0.378 e. The van der Waals surface area contributed by atoms with E-state index in [9.17, 15) is 13.2 Å². The Morgan fingerprint density at radius 3 is 2.47 bits per heavy atom. The summed E-state index contributed by atoms with van der Waals surface area (Å²) < 4.78 is 37.0. The van der Waals surface area contributed by atoms with Crippen LogP contribution < -0.4 is 0 Å². The van der Waals surface area contributed by atoms with E-state index in [-0.39, 0.29) is 5.02 Å². The molecule has 0 saturated carbocycles. The zero-order valence-electron chi connectivity index (χ0n) is 8.24. The van der Waals surface area contributed by atoms with Crippen molar-refractivity contribution in [2.45, 2.75) is 12.3 Å². The second-order valence-electron chi connectivity index (χ2n) is 3.36. The number of fused-ring (bicyclic) bond motifs is 1. The summed E-state index contributed by atoms with van der Waals surface area (Å²) in [4.78, 5) is 0. The van der Waals surface area contributed by atoms with Crippen LogP contribution in [-0.4, -0.2) is 21.5 Å². The Kier molecular flexibility index (Phi) is 2.92. The van der Waals surface area contributed by atoms with E-state index < -0.39 is 18.0 Å². The third-order valence-electron chi connectivity index (χ3n) is 2.20. The zero-order chi connectivity index (χ0) is 12.6. The Hall–Kier alpha value is -1.40. The molecule has 0 amide bonds. The summed E-state index contributed by atoms with van der Waals surface area (Å²) in [7, 11) is 0. The molecule has 17 heavy (non-hydrogen) atoms. The average molecular weight is 263 g/mol. The van der Waals surface area contributed by atoms with E-state index in [1.165, 1.54) is 6.07 Å². The van der Waals surface area contributed by atoms with Gasteiger partial charge < -0.3 is 5.11 Å². The molecule has 0 fully saturated rings. The summed E-state index contributed by atoms with van der Waals surface area (Å²) in [5.41, 5.74) is -0.312. The van der Waals surface area contributed by atoms with Crippen molar-refractivity contribution in [1.82, 2.24) is 10.2 Å². The molecule has 3 nitrogen and oxygen atoms in total. The van der Waals surface area contributed by atoms with E-state index >= 15 is 0 Å². The van der Waals surface area contributed by atoms with Gasteiger partial charge in [0.1, 0.15) is 5.69 Å². The molecule has 90 valence electrons. The predicted octanol–water partition coefficient (Wildman–Crippen LogP) is 2.88. The van der Waals surface area contributed by atoms with Gasteiger partial charge in [-0.1, -0.05) is 29.8 Å². The molecule has 1 aromatic heterocycles. The first-order chi connectivity index (χ1) is 7.91. The van der Waals surface area contributed by atoms with Gasteiger partial charge in [0.15, 0.2) is 6.10 Å². The molecule has 2 rings (SSSR count). The number of alkyl halides is 3. The lowest BCUT2D eigenvalue weighted by Gasteiger charge is -2.15. The molecule has 1 N–H and O–H groups in total. The fourth-order valence-corrected chi connectivity index (χ4v) is 1.67. The lowest BCUT2D eigenvalue weighted by atomic mass is 10.1. The highest BCUT2D eigenvalue weighted by atomic mass is 35.5. The second-order valence-corrected chi connectivity index (χ2v) is 3.74. The largest absolute Gasteiger partial charge is 0.420 e. The van der Waals surface area contributed by atoms with Gasteiger partial charge in [0.25, 0.3) is 0 Å². The molecule has 0 aliphatic heterocycles. The SMILES string of the molecule is O[C@@H](c1nnc2ccccc2c1Cl)C(F)(F)F. The molecule has 2 aromatic rings. The van der Waals surface area contributed by atoms with Crippen LogP contribution in [0.2, 0.25) is 5.02 Å². The Bertz CT molecular complexity index is 559. The molecule has 0 radical (unpaired) electrons. The highest BCUT2D eigenvalue weighted by molar-refractivity contribution is 6.35. The van der Waals surface area contributed by atoms with Gasteiger partial charge in [0.2, 0.25) is 0 Å². The highest BCUT2D eigenvalue weighted by Crippen LogP contribution is 2.36. The zero-order valence-corrected chi connectivity index (χ0v) is 9.00. The van der Waals surface area contributed by atoms with Crippen LogP contribution in [0.4, 0.5) is 13.2 Å². The van der Waals surface area contributed by atoms with Crippen molar-refractivity contribution in [3.63, 3.8) is 0 Å². The maximum atomic E-state index is 12.3. The van der Waals surface area contributed by atoms with Gasteiger partial charge in [-0.05, 0) is 6.07 Å². The average Bonchev–Trinajstić information content (AvgIpc) is 2.28. The lowest BCUT2D eigenvalue weighted by molar-refractivity contribution is -0.208. The molecule has 0 aliphatic carbocycles. The van der Waals surface area contributed by atoms with Crippen molar-refractivity contribution in [1.29, 1.82) is 0 Å². The quantitative estimate of drug-likeness (QED) is 0.859. The number of halogens is 4. The maximum Gasteiger partial charge on any atom is 0.420 e. The molecule has 0 aliphatic rings. The van der Waals surface area contributed by atoms with E-state index in [1.807, 2.05) is 0 Å². The number of benzene rings is 1. The summed E-state index contributed by atoms with van der Waals surface area (Å²) in [5.74, 6) is 0. The van der Waals surface area contributed by atoms with Gasteiger partial charge in [0.05, 0.1) is 10.5 Å². The van der Waals surface area contributed by atoms with E-state index in [0.29, 0.717) is 10.9 Å². The summed E-state index contributed by atoms with van der Waals surface area (Å²) in [5, 5.41) is 16.1. The third-order valence-corrected chi connectivity index (χ3v) is 2.60. The Labute approximate surface area is 98.8 Å². The molecular formula is C10H6ClF3N2O. The Morgan fingerprint density at radius 2 is 1.82 bits per heavy atom. The standard InChI is InChI=1S/C10H6ClF3N2O/c11-7-5-3-1-2-4-6(5)15-16-8(7)9(17)10(12,13)14/h1-4,9,17H/t9-/m0/s1. The third kappa shape index (κ3) is 2.18. The normalized spacial score (nSPS) is 13.9. The van der Waals surface area contributed by atoms with Gasteiger partial charge in [-0.2, -0.15) is 23.4 Å². The molecule has 1 heterocycles. The number of nitrogens with zero attached hydrogens (tertiary/aromatic N) is 2. The molecule has 1 atom stereocenters. The Morgan fingerprint density at radius 1 is 1.18 bits per heavy atom. The Balaban J connectivity index is 2.61. The summed E-state index contributed by atoms with van der Waals surface area (Å²) >= 11 is 5.78. The highest BCUT2D eigenvalue weighted by Gasteiger charge is 2.42. The first-order valence-electron chi connectivity index (χ1n) is 4.57. The smallest absolute Gasteiger partial charge is 0.378 e. The van der Waals surface area contributed by atoms with Crippen LogP contribution in [-0.2, 0) is 0 Å². The van der Waals surface area contributed by atoms with Crippen LogP contribution in [0.5, 0.6) is 0 Å². The van der Waals surface area contributed by atoms with Crippen LogP contribution in [0.25, 0.3) is 10.9 Å². The van der Waals surface area contributed by atoms with E-state index in [1.54, 1.807) is 18.2 Å². The molecule has 0 saturated heterocycles. The van der Waals surface area contributed by atoms with Crippen LogP contribution >= 0.6 is 11.6 Å². The lowest BCUT2D eigenvalue weighted by Crippen LogP contribution is -2.22. The number of rotatable bonds is 1. The summed E-state index contributed by atoms with van der Waals surface area (Å²) in [6.45, 7) is 0. The van der Waals surface area contributed by atoms with Gasteiger partial charge in [-0.15, -0.1) is 0 Å². The molecular weight excluding hydrogens is 257 g/mol. The van der Waals surface area contributed by atoms with Gasteiger partial charge in [0, 0.05) is 5.39 Å². The summed E-state index contributed by atoms with van der Waals surface area (Å²) in [6, 6.07) is 6.35. The number of aliphatic hydroxyl groups excluding tert-OH is 1. The van der Waals surface area contributed by atoms with Crippen molar-refractivity contribution in [3.8, 4) is 0 Å². The van der Waals surface area contributed by atoms with Crippen molar-refractivity contribution in [2.24, 2.45) is 0 Å². The minimum atomic E-state index is -4.82. The number of aromatic nitrogens is 2. The van der Waals surface area contributed by atoms with Crippen molar-refractivity contribution >= 4 is 22.5 Å². The van der Waals surface area contributed by atoms with Gasteiger partial charge in [-0.25, -0.2) is 0 Å². The first kappa shape index (κ1) is 12.1.